The van der Waals surface area contributed by atoms with Gasteiger partial charge in [-0.3, -0.25) is 9.59 Å². The third-order valence-electron chi connectivity index (χ3n) is 9.52. The molecule has 0 amide bonds. The van der Waals surface area contributed by atoms with Gasteiger partial charge in [-0.2, -0.15) is 0 Å². The van der Waals surface area contributed by atoms with Crippen molar-refractivity contribution in [1.82, 2.24) is 0 Å². The van der Waals surface area contributed by atoms with Crippen molar-refractivity contribution in [2.75, 3.05) is 0 Å². The number of esters is 1. The number of fused-ring (bicyclic) bond motifs is 4. The molecule has 1 aliphatic carbocycles. The van der Waals surface area contributed by atoms with E-state index in [1.807, 2.05) is 34.6 Å². The van der Waals surface area contributed by atoms with Crippen LogP contribution in [0.3, 0.4) is 0 Å². The average Bonchev–Trinajstić information content (AvgIpc) is 2.83. The summed E-state index contributed by atoms with van der Waals surface area (Å²) in [6.07, 6.45) is 1.10. The van der Waals surface area contributed by atoms with Crippen LogP contribution in [0, 0.1) is 23.2 Å². The molecule has 1 saturated carbocycles. The molecule has 9 atom stereocenters. The zero-order chi connectivity index (χ0) is 28.3. The molecule has 3 aliphatic rings. The van der Waals surface area contributed by atoms with Gasteiger partial charge in [0.05, 0.1) is 23.7 Å². The highest BCUT2D eigenvalue weighted by atomic mass is 16.5. The van der Waals surface area contributed by atoms with Gasteiger partial charge in [0, 0.05) is 23.8 Å². The highest BCUT2D eigenvalue weighted by molar-refractivity contribution is 6.05. The molecule has 2 fully saturated rings. The Bertz CT molecular complexity index is 1090. The second-order valence-electron chi connectivity index (χ2n) is 12.7. The van der Waals surface area contributed by atoms with E-state index in [-0.39, 0.29) is 52.6 Å². The van der Waals surface area contributed by atoms with Gasteiger partial charge in [-0.1, -0.05) is 41.0 Å². The van der Waals surface area contributed by atoms with E-state index in [2.05, 4.69) is 0 Å². The van der Waals surface area contributed by atoms with Gasteiger partial charge in [0.2, 0.25) is 0 Å². The molecule has 0 aromatic heterocycles. The Morgan fingerprint density at radius 3 is 2.53 bits per heavy atom. The Balaban J connectivity index is 1.74. The second kappa shape index (κ2) is 10.0. The topological polar surface area (TPSA) is 123 Å². The highest BCUT2D eigenvalue weighted by Crippen LogP contribution is 2.58. The number of aromatic hydroxyl groups is 2. The number of carbonyl (C=O) groups excluding carboxylic acids is 2. The minimum absolute atomic E-state index is 0.00354. The predicted molar refractivity (Wildman–Crippen MR) is 142 cm³/mol. The summed E-state index contributed by atoms with van der Waals surface area (Å²) in [5.41, 5.74) is -1.16. The predicted octanol–water partition coefficient (Wildman–Crippen LogP) is 5.10. The minimum atomic E-state index is -0.989. The zero-order valence-corrected chi connectivity index (χ0v) is 23.9. The quantitative estimate of drug-likeness (QED) is 0.342. The van der Waals surface area contributed by atoms with Crippen molar-refractivity contribution in [3.05, 3.63) is 17.2 Å². The van der Waals surface area contributed by atoms with Crippen LogP contribution < -0.4 is 4.74 Å². The van der Waals surface area contributed by atoms with Crippen molar-refractivity contribution < 1.29 is 39.1 Å². The Kier molecular flexibility index (Phi) is 7.56. The maximum atomic E-state index is 14.1. The van der Waals surface area contributed by atoms with Crippen LogP contribution in [0.25, 0.3) is 0 Å². The summed E-state index contributed by atoms with van der Waals surface area (Å²) in [5.74, 6) is -2.18. The first-order chi connectivity index (χ1) is 17.6. The molecule has 1 aromatic carbocycles. The van der Waals surface area contributed by atoms with Crippen LogP contribution in [0.2, 0.25) is 0 Å². The number of aliphatic hydroxyl groups is 1. The molecule has 4 rings (SSSR count). The SMILES string of the molecule is CCC(C)C(OC(C)=O)C(C)c1cc(O)c2c(c1O)OC1C(C)CC3OC(C(C)(C)O)CCC3(C)C1C2=O. The molecule has 8 heteroatoms. The number of benzene rings is 1. The molecule has 0 spiro atoms. The fourth-order valence-electron chi connectivity index (χ4n) is 6.99. The molecule has 8 nitrogen and oxygen atoms in total. The fraction of sp³-hybridized carbons (Fsp3) is 0.733. The molecule has 3 N–H and O–H groups in total. The Morgan fingerprint density at radius 2 is 1.95 bits per heavy atom. The number of Topliss-reactive ketones (excluding diaryl/α,β-unsaturated/α-hetero) is 1. The van der Waals surface area contributed by atoms with E-state index in [0.29, 0.717) is 24.8 Å². The van der Waals surface area contributed by atoms with Gasteiger partial charge in [0.25, 0.3) is 0 Å². The van der Waals surface area contributed by atoms with E-state index in [9.17, 15) is 24.9 Å². The van der Waals surface area contributed by atoms with Crippen molar-refractivity contribution in [2.24, 2.45) is 23.2 Å². The van der Waals surface area contributed by atoms with Gasteiger partial charge < -0.3 is 29.5 Å². The van der Waals surface area contributed by atoms with Crippen LogP contribution in [-0.2, 0) is 14.3 Å². The van der Waals surface area contributed by atoms with Gasteiger partial charge in [-0.05, 0) is 51.0 Å². The molecular formula is C30H44O8. The first kappa shape index (κ1) is 28.7. The molecule has 0 radical (unpaired) electrons. The van der Waals surface area contributed by atoms with E-state index < -0.39 is 41.0 Å². The summed E-state index contributed by atoms with van der Waals surface area (Å²) >= 11 is 0. The Labute approximate surface area is 225 Å². The standard InChI is InChI=1S/C30H44O8/c1-9-14(2)26(36-17(5)31)16(4)18-13-19(32)22-25(34)23-27(38-28(22)24(18)33)15(3)12-21-30(23,8)11-10-20(37-21)29(6,7)35/h13-16,20-21,23,26-27,32-33,35H,9-12H2,1-8H3. The second-order valence-corrected chi connectivity index (χ2v) is 12.7. The third kappa shape index (κ3) is 4.68. The van der Waals surface area contributed by atoms with Crippen molar-refractivity contribution in [1.29, 1.82) is 0 Å². The van der Waals surface area contributed by atoms with Crippen LogP contribution in [0.1, 0.15) is 103 Å². The van der Waals surface area contributed by atoms with Crippen LogP contribution in [0.5, 0.6) is 17.2 Å². The van der Waals surface area contributed by atoms with Crippen molar-refractivity contribution in [3.63, 3.8) is 0 Å². The van der Waals surface area contributed by atoms with Gasteiger partial charge >= 0.3 is 5.97 Å². The summed E-state index contributed by atoms with van der Waals surface area (Å²) in [4.78, 5) is 25.9. The van der Waals surface area contributed by atoms with Gasteiger partial charge in [0.15, 0.2) is 17.3 Å². The lowest BCUT2D eigenvalue weighted by molar-refractivity contribution is -0.223. The fourth-order valence-corrected chi connectivity index (χ4v) is 6.99. The summed E-state index contributed by atoms with van der Waals surface area (Å²) in [6.45, 7) is 14.7. The van der Waals surface area contributed by atoms with Crippen LogP contribution >= 0.6 is 0 Å². The minimum Gasteiger partial charge on any atom is -0.507 e. The first-order valence-electron chi connectivity index (χ1n) is 14.0. The molecular weight excluding hydrogens is 488 g/mol. The Hall–Kier alpha value is -2.32. The largest absolute Gasteiger partial charge is 0.507 e. The van der Waals surface area contributed by atoms with Crippen LogP contribution in [0.15, 0.2) is 6.07 Å². The van der Waals surface area contributed by atoms with E-state index >= 15 is 0 Å². The maximum Gasteiger partial charge on any atom is 0.302 e. The molecule has 9 unspecified atom stereocenters. The van der Waals surface area contributed by atoms with Gasteiger partial charge in [0.1, 0.15) is 23.5 Å². The lowest BCUT2D eigenvalue weighted by atomic mass is 9.55. The Morgan fingerprint density at radius 1 is 1.29 bits per heavy atom. The summed E-state index contributed by atoms with van der Waals surface area (Å²) < 4.78 is 18.4. The van der Waals surface area contributed by atoms with Gasteiger partial charge in [-0.25, -0.2) is 0 Å². The number of ketones is 1. The van der Waals surface area contributed by atoms with Crippen LogP contribution in [-0.4, -0.2) is 57.1 Å². The van der Waals surface area contributed by atoms with Crippen molar-refractivity contribution in [2.45, 2.75) is 117 Å². The van der Waals surface area contributed by atoms with E-state index in [1.54, 1.807) is 13.8 Å². The van der Waals surface area contributed by atoms with Gasteiger partial charge in [-0.15, -0.1) is 0 Å². The lowest BCUT2D eigenvalue weighted by Crippen LogP contribution is -2.63. The number of phenols is 2. The highest BCUT2D eigenvalue weighted by Gasteiger charge is 2.61. The first-order valence-corrected chi connectivity index (χ1v) is 14.0. The van der Waals surface area contributed by atoms with Crippen LogP contribution in [0.4, 0.5) is 0 Å². The lowest BCUT2D eigenvalue weighted by Gasteiger charge is -2.57. The normalized spacial score (nSPS) is 33.2. The molecule has 212 valence electrons. The molecule has 0 bridgehead atoms. The summed E-state index contributed by atoms with van der Waals surface area (Å²) in [5, 5.41) is 33.1. The number of hydrogen-bond donors (Lipinski definition) is 3. The van der Waals surface area contributed by atoms with E-state index in [4.69, 9.17) is 14.2 Å². The summed E-state index contributed by atoms with van der Waals surface area (Å²) in [7, 11) is 0. The molecule has 2 heterocycles. The number of rotatable bonds is 6. The summed E-state index contributed by atoms with van der Waals surface area (Å²) in [6, 6.07) is 1.41. The molecule has 38 heavy (non-hydrogen) atoms. The van der Waals surface area contributed by atoms with E-state index in [0.717, 1.165) is 6.42 Å². The molecule has 1 aromatic rings. The smallest absolute Gasteiger partial charge is 0.302 e. The maximum absolute atomic E-state index is 14.1. The monoisotopic (exact) mass is 532 g/mol. The average molecular weight is 533 g/mol. The molecule has 1 saturated heterocycles. The number of phenolic OH excluding ortho intramolecular Hbond substituents is 2. The number of carbonyl (C=O) groups is 2. The van der Waals surface area contributed by atoms with Crippen molar-refractivity contribution >= 4 is 11.8 Å². The zero-order valence-electron chi connectivity index (χ0n) is 23.9. The third-order valence-corrected chi connectivity index (χ3v) is 9.52. The van der Waals surface area contributed by atoms with E-state index in [1.165, 1.54) is 13.0 Å². The number of ether oxygens (including phenoxy) is 3. The van der Waals surface area contributed by atoms with Crippen molar-refractivity contribution in [3.8, 4) is 17.2 Å². The number of hydrogen-bond acceptors (Lipinski definition) is 8. The molecule has 2 aliphatic heterocycles.